The van der Waals surface area contributed by atoms with E-state index in [0.717, 1.165) is 35.7 Å². The fourth-order valence-corrected chi connectivity index (χ4v) is 3.75. The smallest absolute Gasteiger partial charge is 0.231 e. The number of amides is 1. The second kappa shape index (κ2) is 7.96. The van der Waals surface area contributed by atoms with Gasteiger partial charge in [0.05, 0.1) is 6.54 Å². The molecule has 4 heterocycles. The molecular weight excluding hydrogens is 370 g/mol. The van der Waals surface area contributed by atoms with Crippen LogP contribution in [0, 0.1) is 6.92 Å². The molecule has 1 saturated heterocycles. The van der Waals surface area contributed by atoms with E-state index in [0.29, 0.717) is 23.8 Å². The van der Waals surface area contributed by atoms with Gasteiger partial charge in [0, 0.05) is 41.9 Å². The van der Waals surface area contributed by atoms with Crippen LogP contribution in [0.1, 0.15) is 18.4 Å². The summed E-state index contributed by atoms with van der Waals surface area (Å²) < 4.78 is 0. The summed E-state index contributed by atoms with van der Waals surface area (Å²) in [6, 6.07) is 3.64. The van der Waals surface area contributed by atoms with E-state index in [-0.39, 0.29) is 24.2 Å². The van der Waals surface area contributed by atoms with Gasteiger partial charge in [-0.3, -0.25) is 19.7 Å². The van der Waals surface area contributed by atoms with Crippen molar-refractivity contribution in [3.05, 3.63) is 36.3 Å². The summed E-state index contributed by atoms with van der Waals surface area (Å²) in [6.45, 7) is 3.68. The number of aromatic hydroxyl groups is 1. The SMILES string of the molecule is Cc1cnc(-c2nnc(NC3CCCN(CC(N)=O)C3)c3ccncc23)c(O)c1. The Labute approximate surface area is 168 Å². The quantitative estimate of drug-likeness (QED) is 0.594. The first-order valence-electron chi connectivity index (χ1n) is 9.55. The van der Waals surface area contributed by atoms with Gasteiger partial charge in [0.2, 0.25) is 5.91 Å². The van der Waals surface area contributed by atoms with Crippen LogP contribution in [0.25, 0.3) is 22.2 Å². The first-order chi connectivity index (χ1) is 14.0. The molecule has 1 aliphatic rings. The number of nitrogens with one attached hydrogen (secondary N) is 1. The highest BCUT2D eigenvalue weighted by Gasteiger charge is 2.23. The highest BCUT2D eigenvalue weighted by molar-refractivity contribution is 5.99. The number of nitrogens with zero attached hydrogens (tertiary/aromatic N) is 5. The van der Waals surface area contributed by atoms with Crippen molar-refractivity contribution in [3.63, 3.8) is 0 Å². The standard InChI is InChI=1S/C20H23N7O2/c1-12-7-16(28)19(23-8-12)18-15-9-22-5-4-14(15)20(26-25-18)24-13-3-2-6-27(10-13)11-17(21)29/h4-5,7-9,13,28H,2-3,6,10-11H2,1H3,(H2,21,29)(H,24,26). The molecule has 150 valence electrons. The minimum absolute atomic E-state index is 0.0551. The van der Waals surface area contributed by atoms with E-state index in [2.05, 4.69) is 25.5 Å². The maximum absolute atomic E-state index is 11.2. The number of piperidine rings is 1. The lowest BCUT2D eigenvalue weighted by Crippen LogP contribution is -2.45. The van der Waals surface area contributed by atoms with Crippen molar-refractivity contribution in [2.75, 3.05) is 25.0 Å². The Bertz CT molecular complexity index is 1060. The highest BCUT2D eigenvalue weighted by atomic mass is 16.3. The van der Waals surface area contributed by atoms with Crippen LogP contribution in [0.4, 0.5) is 5.82 Å². The fraction of sp³-hybridized carbons (Fsp3) is 0.350. The van der Waals surface area contributed by atoms with Crippen molar-refractivity contribution in [1.29, 1.82) is 0 Å². The Morgan fingerprint density at radius 3 is 2.97 bits per heavy atom. The lowest BCUT2D eigenvalue weighted by molar-refractivity contribution is -0.119. The molecule has 4 rings (SSSR count). The normalized spacial score (nSPS) is 17.3. The average Bonchev–Trinajstić information content (AvgIpc) is 2.69. The van der Waals surface area contributed by atoms with Gasteiger partial charge in [-0.2, -0.15) is 0 Å². The number of carbonyl (C=O) groups is 1. The zero-order valence-corrected chi connectivity index (χ0v) is 16.2. The van der Waals surface area contributed by atoms with Crippen LogP contribution in [-0.2, 0) is 4.79 Å². The van der Waals surface area contributed by atoms with Gasteiger partial charge in [0.15, 0.2) is 5.82 Å². The monoisotopic (exact) mass is 393 g/mol. The molecule has 0 radical (unpaired) electrons. The first kappa shape index (κ1) is 19.0. The molecule has 0 aliphatic carbocycles. The van der Waals surface area contributed by atoms with Crippen LogP contribution in [-0.4, -0.2) is 61.8 Å². The lowest BCUT2D eigenvalue weighted by Gasteiger charge is -2.32. The number of hydrogen-bond donors (Lipinski definition) is 3. The largest absolute Gasteiger partial charge is 0.506 e. The van der Waals surface area contributed by atoms with Gasteiger partial charge in [-0.15, -0.1) is 10.2 Å². The molecule has 3 aromatic rings. The molecule has 1 amide bonds. The van der Waals surface area contributed by atoms with E-state index >= 15 is 0 Å². The van der Waals surface area contributed by atoms with Crippen molar-refractivity contribution in [2.24, 2.45) is 5.73 Å². The number of carbonyl (C=O) groups excluding carboxylic acids is 1. The molecule has 0 saturated carbocycles. The Morgan fingerprint density at radius 2 is 2.17 bits per heavy atom. The number of pyridine rings is 2. The number of hydrogen-bond acceptors (Lipinski definition) is 8. The summed E-state index contributed by atoms with van der Waals surface area (Å²) in [5.74, 6) is 0.375. The van der Waals surface area contributed by atoms with Crippen molar-refractivity contribution in [3.8, 4) is 17.1 Å². The summed E-state index contributed by atoms with van der Waals surface area (Å²) in [6.07, 6.45) is 7.01. The third-order valence-corrected chi connectivity index (χ3v) is 5.04. The minimum Gasteiger partial charge on any atom is -0.506 e. The average molecular weight is 393 g/mol. The van der Waals surface area contributed by atoms with Crippen LogP contribution in [0.15, 0.2) is 30.7 Å². The second-order valence-electron chi connectivity index (χ2n) is 7.38. The van der Waals surface area contributed by atoms with Gasteiger partial charge < -0.3 is 16.2 Å². The summed E-state index contributed by atoms with van der Waals surface area (Å²) in [5, 5.41) is 24.1. The number of primary amides is 1. The van der Waals surface area contributed by atoms with Gasteiger partial charge >= 0.3 is 0 Å². The fourth-order valence-electron chi connectivity index (χ4n) is 3.75. The zero-order chi connectivity index (χ0) is 20.4. The molecule has 9 nitrogen and oxygen atoms in total. The minimum atomic E-state index is -0.322. The predicted molar refractivity (Wildman–Crippen MR) is 109 cm³/mol. The van der Waals surface area contributed by atoms with Crippen LogP contribution in [0.2, 0.25) is 0 Å². The van der Waals surface area contributed by atoms with Crippen LogP contribution in [0.5, 0.6) is 5.75 Å². The summed E-state index contributed by atoms with van der Waals surface area (Å²) >= 11 is 0. The number of anilines is 1. The van der Waals surface area contributed by atoms with Crippen LogP contribution in [0.3, 0.4) is 0 Å². The molecule has 1 aliphatic heterocycles. The molecule has 9 heteroatoms. The third-order valence-electron chi connectivity index (χ3n) is 5.04. The van der Waals surface area contributed by atoms with Gasteiger partial charge in [0.1, 0.15) is 17.1 Å². The van der Waals surface area contributed by atoms with E-state index in [9.17, 15) is 9.90 Å². The van der Waals surface area contributed by atoms with Gasteiger partial charge in [-0.05, 0) is 44.0 Å². The Morgan fingerprint density at radius 1 is 1.31 bits per heavy atom. The van der Waals surface area contributed by atoms with E-state index < -0.39 is 0 Å². The lowest BCUT2D eigenvalue weighted by atomic mass is 10.0. The molecule has 1 unspecified atom stereocenters. The summed E-state index contributed by atoms with van der Waals surface area (Å²) in [5.41, 5.74) is 7.05. The maximum Gasteiger partial charge on any atom is 0.231 e. The predicted octanol–water partition coefficient (Wildman–Crippen LogP) is 1.46. The molecule has 4 N–H and O–H groups in total. The molecule has 3 aromatic heterocycles. The number of aromatic nitrogens is 4. The summed E-state index contributed by atoms with van der Waals surface area (Å²) in [4.78, 5) is 21.8. The second-order valence-corrected chi connectivity index (χ2v) is 7.38. The summed E-state index contributed by atoms with van der Waals surface area (Å²) in [7, 11) is 0. The maximum atomic E-state index is 11.2. The topological polar surface area (TPSA) is 130 Å². The highest BCUT2D eigenvalue weighted by Crippen LogP contribution is 2.33. The molecule has 0 spiro atoms. The number of nitrogens with two attached hydrogens (primary N) is 1. The van der Waals surface area contributed by atoms with Crippen molar-refractivity contribution in [2.45, 2.75) is 25.8 Å². The number of aryl methyl sites for hydroxylation is 1. The first-order valence-corrected chi connectivity index (χ1v) is 9.55. The van der Waals surface area contributed by atoms with Gasteiger partial charge in [-0.1, -0.05) is 0 Å². The molecule has 0 aromatic carbocycles. The van der Waals surface area contributed by atoms with E-state index in [4.69, 9.17) is 5.73 Å². The Kier molecular flexibility index (Phi) is 5.22. The van der Waals surface area contributed by atoms with E-state index in [1.165, 1.54) is 0 Å². The third kappa shape index (κ3) is 4.09. The van der Waals surface area contributed by atoms with Crippen molar-refractivity contribution >= 4 is 22.5 Å². The van der Waals surface area contributed by atoms with E-state index in [1.807, 2.05) is 17.9 Å². The zero-order valence-electron chi connectivity index (χ0n) is 16.2. The number of rotatable bonds is 5. The number of fused-ring (bicyclic) bond motifs is 1. The molecular formula is C20H23N7O2. The number of likely N-dealkylation sites (tertiary alicyclic amines) is 1. The Hall–Kier alpha value is -3.33. The Balaban J connectivity index is 1.66. The molecule has 1 fully saturated rings. The van der Waals surface area contributed by atoms with Gasteiger partial charge in [-0.25, -0.2) is 0 Å². The van der Waals surface area contributed by atoms with Gasteiger partial charge in [0.25, 0.3) is 0 Å². The van der Waals surface area contributed by atoms with Crippen molar-refractivity contribution < 1.29 is 9.90 Å². The molecule has 1 atom stereocenters. The van der Waals surface area contributed by atoms with Crippen LogP contribution < -0.4 is 11.1 Å². The van der Waals surface area contributed by atoms with Crippen molar-refractivity contribution in [1.82, 2.24) is 25.1 Å². The van der Waals surface area contributed by atoms with Crippen LogP contribution >= 0.6 is 0 Å². The molecule has 29 heavy (non-hydrogen) atoms. The van der Waals surface area contributed by atoms with E-state index in [1.54, 1.807) is 24.7 Å². The molecule has 0 bridgehead atoms.